The number of carbonyl (C=O) groups is 1. The van der Waals surface area contributed by atoms with E-state index in [1.54, 1.807) is 66.6 Å². The van der Waals surface area contributed by atoms with Crippen molar-refractivity contribution in [1.29, 1.82) is 10.8 Å². The van der Waals surface area contributed by atoms with Crippen molar-refractivity contribution >= 4 is 23.8 Å². The van der Waals surface area contributed by atoms with Crippen LogP contribution < -0.4 is 10.2 Å². The van der Waals surface area contributed by atoms with Gasteiger partial charge < -0.3 is 10.2 Å². The van der Waals surface area contributed by atoms with E-state index in [0.29, 0.717) is 29.9 Å². The summed E-state index contributed by atoms with van der Waals surface area (Å²) >= 11 is 0. The maximum Gasteiger partial charge on any atom is 0.274 e. The van der Waals surface area contributed by atoms with Crippen LogP contribution in [0.3, 0.4) is 0 Å². The Kier molecular flexibility index (Phi) is 9.66. The summed E-state index contributed by atoms with van der Waals surface area (Å²) in [5, 5.41) is 41.9. The molecule has 39 heavy (non-hydrogen) atoms. The van der Waals surface area contributed by atoms with Crippen LogP contribution in [0.1, 0.15) is 56.2 Å². The zero-order valence-corrected chi connectivity index (χ0v) is 23.1. The third kappa shape index (κ3) is 7.12. The molecule has 1 amide bonds. The number of benzene rings is 1. The molecule has 0 unspecified atom stereocenters. The van der Waals surface area contributed by atoms with Crippen LogP contribution in [0.2, 0.25) is 0 Å². The fourth-order valence-corrected chi connectivity index (χ4v) is 4.14. The third-order valence-electron chi connectivity index (χ3n) is 6.53. The van der Waals surface area contributed by atoms with Crippen LogP contribution >= 0.6 is 0 Å². The van der Waals surface area contributed by atoms with Crippen molar-refractivity contribution in [3.8, 4) is 0 Å². The first kappa shape index (κ1) is 29.6. The molecule has 3 rings (SSSR count). The van der Waals surface area contributed by atoms with Gasteiger partial charge in [-0.2, -0.15) is 10.4 Å². The van der Waals surface area contributed by atoms with Gasteiger partial charge in [-0.15, -0.1) is 0 Å². The van der Waals surface area contributed by atoms with E-state index in [9.17, 15) is 15.2 Å². The minimum absolute atomic E-state index is 0.00498. The fraction of sp³-hybridized carbons (Fsp3) is 0.310. The molecule has 0 aliphatic carbocycles. The lowest BCUT2D eigenvalue weighted by atomic mass is 10.0. The van der Waals surface area contributed by atoms with Crippen molar-refractivity contribution in [3.05, 3.63) is 94.5 Å². The molecule has 10 nitrogen and oxygen atoms in total. The van der Waals surface area contributed by atoms with Crippen molar-refractivity contribution in [1.82, 2.24) is 25.1 Å². The number of amidine groups is 1. The van der Waals surface area contributed by atoms with Gasteiger partial charge in [0.25, 0.3) is 5.91 Å². The Morgan fingerprint density at radius 2 is 1.87 bits per heavy atom. The number of amides is 1. The van der Waals surface area contributed by atoms with Gasteiger partial charge in [0.1, 0.15) is 11.5 Å². The Hall–Kier alpha value is -3.96. The molecule has 1 aliphatic rings. The Morgan fingerprint density at radius 1 is 1.18 bits per heavy atom. The molecule has 0 saturated carbocycles. The topological polar surface area (TPSA) is 137 Å². The van der Waals surface area contributed by atoms with Gasteiger partial charge >= 0.3 is 0 Å². The van der Waals surface area contributed by atoms with E-state index in [0.717, 1.165) is 23.0 Å². The molecule has 0 radical (unpaired) electrons. The lowest BCUT2D eigenvalue weighted by Crippen LogP contribution is -2.58. The molecule has 206 valence electrons. The summed E-state index contributed by atoms with van der Waals surface area (Å²) in [4.78, 5) is 17.7. The van der Waals surface area contributed by atoms with Gasteiger partial charge in [-0.1, -0.05) is 40.9 Å². The molecule has 10 heteroatoms. The van der Waals surface area contributed by atoms with Gasteiger partial charge in [-0.3, -0.25) is 20.6 Å². The van der Waals surface area contributed by atoms with E-state index in [1.807, 2.05) is 33.8 Å². The Bertz CT molecular complexity index is 1310. The zero-order valence-electron chi connectivity index (χ0n) is 23.1. The zero-order chi connectivity index (χ0) is 28.7. The number of nitrogens with one attached hydrogen (secondary N) is 3. The number of allylic oxidation sites excluding steroid dienone is 4. The summed E-state index contributed by atoms with van der Waals surface area (Å²) in [6.45, 7) is 10.0. The fourth-order valence-electron chi connectivity index (χ4n) is 4.14. The van der Waals surface area contributed by atoms with Gasteiger partial charge in [-0.25, -0.2) is 0 Å². The monoisotopic (exact) mass is 532 g/mol. The third-order valence-corrected chi connectivity index (χ3v) is 6.53. The number of hydrogen-bond donors (Lipinski definition) is 5. The molecule has 2 aromatic rings. The molecule has 1 aromatic carbocycles. The lowest BCUT2D eigenvalue weighted by Gasteiger charge is -2.34. The normalized spacial score (nSPS) is 14.2. The number of para-hydroxylation sites is 1. The summed E-state index contributed by atoms with van der Waals surface area (Å²) in [6, 6.07) is 10.3. The van der Waals surface area contributed by atoms with Crippen LogP contribution in [0.15, 0.2) is 77.7 Å². The second-order valence-electron chi connectivity index (χ2n) is 9.94. The highest BCUT2D eigenvalue weighted by Gasteiger charge is 2.38. The van der Waals surface area contributed by atoms with Crippen LogP contribution in [0.4, 0.5) is 5.69 Å². The second kappa shape index (κ2) is 12.7. The van der Waals surface area contributed by atoms with Crippen molar-refractivity contribution in [3.63, 3.8) is 0 Å². The maximum absolute atomic E-state index is 13.1. The SMILES string of the molecule is CC(C)=C(/C=C\C=C(/C)C(=N)N(C=N)C(C)C)NC(=O)c1cc2c(cn1)CCN([N+](O)(O)c1ccccc1)C2. The highest BCUT2D eigenvalue weighted by molar-refractivity contribution is 6.01. The molecular formula is C29H38N7O3+. The van der Waals surface area contributed by atoms with Crippen LogP contribution in [0.5, 0.6) is 0 Å². The first-order valence-corrected chi connectivity index (χ1v) is 12.8. The quantitative estimate of drug-likeness (QED) is 0.102. The maximum atomic E-state index is 13.1. The molecule has 0 bridgehead atoms. The molecule has 1 aromatic heterocycles. The average molecular weight is 533 g/mol. The first-order chi connectivity index (χ1) is 18.4. The van der Waals surface area contributed by atoms with Gasteiger partial charge in [0.05, 0.1) is 24.3 Å². The highest BCUT2D eigenvalue weighted by Crippen LogP contribution is 2.27. The van der Waals surface area contributed by atoms with E-state index in [1.165, 1.54) is 5.01 Å². The van der Waals surface area contributed by atoms with Crippen molar-refractivity contribution in [2.75, 3.05) is 6.54 Å². The minimum Gasteiger partial charge on any atom is -0.321 e. The summed E-state index contributed by atoms with van der Waals surface area (Å²) in [7, 11) is 0. The van der Waals surface area contributed by atoms with Gasteiger partial charge in [-0.05, 0) is 69.9 Å². The number of aromatic nitrogens is 1. The molecule has 0 atom stereocenters. The van der Waals surface area contributed by atoms with E-state index in [4.69, 9.17) is 10.8 Å². The van der Waals surface area contributed by atoms with Crippen LogP contribution in [0.25, 0.3) is 0 Å². The molecule has 0 spiro atoms. The smallest absolute Gasteiger partial charge is 0.274 e. The summed E-state index contributed by atoms with van der Waals surface area (Å²) < 4.78 is 0. The second-order valence-corrected chi connectivity index (χ2v) is 9.94. The summed E-state index contributed by atoms with van der Waals surface area (Å²) in [6.07, 6.45) is 8.67. The van der Waals surface area contributed by atoms with Crippen LogP contribution in [-0.4, -0.2) is 56.0 Å². The lowest BCUT2D eigenvalue weighted by molar-refractivity contribution is -0.404. The number of carbonyl (C=O) groups excluding carboxylic acids is 1. The van der Waals surface area contributed by atoms with Gasteiger partial charge in [0, 0.05) is 30.1 Å². The molecule has 0 fully saturated rings. The van der Waals surface area contributed by atoms with Crippen molar-refractivity contribution in [2.45, 2.75) is 53.6 Å². The molecule has 1 aliphatic heterocycles. The highest BCUT2D eigenvalue weighted by atomic mass is 16.9. The summed E-state index contributed by atoms with van der Waals surface area (Å²) in [5.41, 5.74) is 4.48. The van der Waals surface area contributed by atoms with E-state index in [-0.39, 0.29) is 30.0 Å². The largest absolute Gasteiger partial charge is 0.321 e. The van der Waals surface area contributed by atoms with Crippen molar-refractivity contribution in [2.24, 2.45) is 0 Å². The van der Waals surface area contributed by atoms with Crippen LogP contribution in [0, 0.1) is 10.8 Å². The molecule has 0 saturated heterocycles. The van der Waals surface area contributed by atoms with Gasteiger partial charge in [0.2, 0.25) is 5.69 Å². The van der Waals surface area contributed by atoms with Crippen molar-refractivity contribution < 1.29 is 15.2 Å². The Morgan fingerprint density at radius 3 is 2.49 bits per heavy atom. The number of nitrogens with zero attached hydrogens (tertiary/aromatic N) is 4. The standard InChI is InChI=1S/C29H37N7O3/c1-20(2)26(13-9-10-22(5)28(31)35(19-30)21(3)4)33-29(37)27-16-24-18-34(15-14-23(24)17-32-27)36(38,39)25-11-7-6-8-12-25/h6-13,16-17,19,21,30-31,38-39H,14-15,18H2,1-5H3/p+1/b13-9-,22-10+,30-19?,31-28?. The number of hydrogen-bond acceptors (Lipinski definition) is 7. The first-order valence-electron chi connectivity index (χ1n) is 12.8. The average Bonchev–Trinajstić information content (AvgIpc) is 2.92. The Labute approximate surface area is 229 Å². The number of rotatable bonds is 9. The summed E-state index contributed by atoms with van der Waals surface area (Å²) in [5.74, 6) is -0.142. The van der Waals surface area contributed by atoms with E-state index < -0.39 is 4.92 Å². The Balaban J connectivity index is 1.74. The molecule has 5 N–H and O–H groups in total. The van der Waals surface area contributed by atoms with Gasteiger partial charge in [0.15, 0.2) is 0 Å². The number of pyridine rings is 1. The predicted octanol–water partition coefficient (Wildman–Crippen LogP) is 4.96. The molecule has 2 heterocycles. The number of fused-ring (bicyclic) bond motifs is 1. The molecular weight excluding hydrogens is 494 g/mol. The van der Waals surface area contributed by atoms with Crippen LogP contribution in [-0.2, 0) is 13.0 Å². The van der Waals surface area contributed by atoms with E-state index in [2.05, 4.69) is 10.3 Å². The minimum atomic E-state index is -1.37. The van der Waals surface area contributed by atoms with E-state index >= 15 is 0 Å². The number of quaternary nitrogens is 1. The predicted molar refractivity (Wildman–Crippen MR) is 152 cm³/mol.